The van der Waals surface area contributed by atoms with E-state index in [1.807, 2.05) is 11.0 Å². The first kappa shape index (κ1) is 18.8. The molecule has 0 radical (unpaired) electrons. The van der Waals surface area contributed by atoms with Gasteiger partial charge in [0.25, 0.3) is 5.91 Å². The summed E-state index contributed by atoms with van der Waals surface area (Å²) in [6, 6.07) is 10.3. The topological polar surface area (TPSA) is 63.7 Å². The Morgan fingerprint density at radius 3 is 2.57 bits per heavy atom. The molecule has 0 saturated carbocycles. The van der Waals surface area contributed by atoms with Crippen molar-refractivity contribution in [3.63, 3.8) is 0 Å². The lowest BCUT2D eigenvalue weighted by atomic mass is 10.0. The van der Waals surface area contributed by atoms with Crippen molar-refractivity contribution in [3.8, 4) is 0 Å². The van der Waals surface area contributed by atoms with Crippen LogP contribution in [0.5, 0.6) is 0 Å². The number of hydrogen-bond acceptors (Lipinski definition) is 5. The number of pyridine rings is 1. The Morgan fingerprint density at radius 2 is 1.89 bits per heavy atom. The number of nitrogens with one attached hydrogen (secondary N) is 1. The molecule has 2 aromatic rings. The van der Waals surface area contributed by atoms with Crippen LogP contribution in [-0.2, 0) is 15.9 Å². The molecule has 28 heavy (non-hydrogen) atoms. The molecule has 3 heterocycles. The van der Waals surface area contributed by atoms with Crippen LogP contribution in [0.2, 0.25) is 0 Å². The molecule has 1 N–H and O–H groups in total. The average Bonchev–Trinajstić information content (AvgIpc) is 3.18. The smallest absolute Gasteiger partial charge is 0.255 e. The van der Waals surface area contributed by atoms with Gasteiger partial charge < -0.3 is 19.7 Å². The fourth-order valence-corrected chi connectivity index (χ4v) is 3.67. The number of ether oxygens (including phenoxy) is 2. The summed E-state index contributed by atoms with van der Waals surface area (Å²) in [4.78, 5) is 18.8. The normalized spacial score (nSPS) is 18.4. The number of anilines is 1. The number of carbonyl (C=O) groups is 1. The number of halogens is 1. The maximum atomic E-state index is 13.6. The predicted molar refractivity (Wildman–Crippen MR) is 103 cm³/mol. The number of nitrogens with zero attached hydrogens (tertiary/aromatic N) is 2. The Bertz CT molecular complexity index is 812. The second-order valence-corrected chi connectivity index (χ2v) is 7.10. The molecule has 0 aliphatic carbocycles. The van der Waals surface area contributed by atoms with E-state index in [1.54, 1.807) is 30.5 Å². The summed E-state index contributed by atoms with van der Waals surface area (Å²) in [5.41, 5.74) is 1.23. The second-order valence-electron chi connectivity index (χ2n) is 7.10. The van der Waals surface area contributed by atoms with E-state index in [1.165, 1.54) is 6.07 Å². The van der Waals surface area contributed by atoms with E-state index in [-0.39, 0.29) is 11.7 Å². The molecule has 1 amide bonds. The summed E-state index contributed by atoms with van der Waals surface area (Å²) in [5.74, 6) is -0.0486. The molecule has 4 rings (SSSR count). The van der Waals surface area contributed by atoms with Crippen LogP contribution in [0, 0.1) is 5.82 Å². The number of amides is 1. The SMILES string of the molecule is O=C(c1ccc(NCCc2ccccc2F)nc1)N1CCC2(CC1)OCCO2. The van der Waals surface area contributed by atoms with Crippen molar-refractivity contribution in [1.82, 2.24) is 9.88 Å². The van der Waals surface area contributed by atoms with Gasteiger partial charge in [-0.05, 0) is 30.2 Å². The van der Waals surface area contributed by atoms with Crippen molar-refractivity contribution in [2.24, 2.45) is 0 Å². The van der Waals surface area contributed by atoms with Gasteiger partial charge in [0.2, 0.25) is 0 Å². The van der Waals surface area contributed by atoms with E-state index in [0.29, 0.717) is 69.1 Å². The minimum absolute atomic E-state index is 0.0294. The number of carbonyl (C=O) groups excluding carboxylic acids is 1. The highest BCUT2D eigenvalue weighted by Crippen LogP contribution is 2.31. The molecule has 1 spiro atoms. The van der Waals surface area contributed by atoms with E-state index in [9.17, 15) is 9.18 Å². The molecule has 0 bridgehead atoms. The zero-order chi connectivity index (χ0) is 19.4. The zero-order valence-electron chi connectivity index (χ0n) is 15.7. The summed E-state index contributed by atoms with van der Waals surface area (Å²) in [6.07, 6.45) is 3.54. The molecule has 2 aliphatic rings. The lowest BCUT2D eigenvalue weighted by Gasteiger charge is -2.37. The summed E-state index contributed by atoms with van der Waals surface area (Å²) in [7, 11) is 0. The minimum Gasteiger partial charge on any atom is -0.370 e. The minimum atomic E-state index is -0.485. The van der Waals surface area contributed by atoms with Gasteiger partial charge in [-0.15, -0.1) is 0 Å². The number of piperidine rings is 1. The number of likely N-dealkylation sites (tertiary alicyclic amines) is 1. The predicted octanol–water partition coefficient (Wildman–Crippen LogP) is 2.85. The molecule has 2 saturated heterocycles. The Hall–Kier alpha value is -2.51. The number of hydrogen-bond donors (Lipinski definition) is 1. The first-order valence-corrected chi connectivity index (χ1v) is 9.66. The molecular formula is C21H24FN3O3. The molecule has 0 atom stereocenters. The van der Waals surface area contributed by atoms with Crippen molar-refractivity contribution in [2.75, 3.05) is 38.2 Å². The largest absolute Gasteiger partial charge is 0.370 e. The standard InChI is InChI=1S/C21H24FN3O3/c22-18-4-2-1-3-16(18)7-10-23-19-6-5-17(15-24-19)20(26)25-11-8-21(9-12-25)27-13-14-28-21/h1-6,15H,7-14H2,(H,23,24). The highest BCUT2D eigenvalue weighted by Gasteiger charge is 2.40. The molecule has 7 heteroatoms. The number of benzene rings is 1. The van der Waals surface area contributed by atoms with Crippen LogP contribution in [0.3, 0.4) is 0 Å². The number of aromatic nitrogens is 1. The summed E-state index contributed by atoms with van der Waals surface area (Å²) in [6.45, 7) is 3.05. The highest BCUT2D eigenvalue weighted by molar-refractivity contribution is 5.94. The van der Waals surface area contributed by atoms with Gasteiger partial charge in [-0.3, -0.25) is 4.79 Å². The zero-order valence-corrected chi connectivity index (χ0v) is 15.7. The van der Waals surface area contributed by atoms with E-state index < -0.39 is 5.79 Å². The van der Waals surface area contributed by atoms with Crippen LogP contribution in [0.4, 0.5) is 10.2 Å². The van der Waals surface area contributed by atoms with Crippen LogP contribution in [-0.4, -0.2) is 54.4 Å². The second kappa shape index (κ2) is 8.24. The van der Waals surface area contributed by atoms with Gasteiger partial charge >= 0.3 is 0 Å². The first-order chi connectivity index (χ1) is 13.7. The van der Waals surface area contributed by atoms with Gasteiger partial charge in [0, 0.05) is 38.7 Å². The number of rotatable bonds is 5. The van der Waals surface area contributed by atoms with Crippen molar-refractivity contribution in [1.29, 1.82) is 0 Å². The van der Waals surface area contributed by atoms with E-state index in [4.69, 9.17) is 9.47 Å². The van der Waals surface area contributed by atoms with E-state index >= 15 is 0 Å². The van der Waals surface area contributed by atoms with Gasteiger partial charge in [0.15, 0.2) is 5.79 Å². The molecule has 1 aromatic heterocycles. The quantitative estimate of drug-likeness (QED) is 0.858. The van der Waals surface area contributed by atoms with Crippen molar-refractivity contribution in [3.05, 3.63) is 59.5 Å². The summed E-state index contributed by atoms with van der Waals surface area (Å²) < 4.78 is 25.0. The van der Waals surface area contributed by atoms with Gasteiger partial charge in [-0.1, -0.05) is 18.2 Å². The lowest BCUT2D eigenvalue weighted by molar-refractivity contribution is -0.181. The highest BCUT2D eigenvalue weighted by atomic mass is 19.1. The lowest BCUT2D eigenvalue weighted by Crippen LogP contribution is -2.47. The molecule has 1 aromatic carbocycles. The third kappa shape index (κ3) is 4.15. The molecule has 6 nitrogen and oxygen atoms in total. The molecule has 148 valence electrons. The third-order valence-electron chi connectivity index (χ3n) is 5.29. The Kier molecular flexibility index (Phi) is 5.54. The van der Waals surface area contributed by atoms with Crippen molar-refractivity contribution < 1.29 is 18.7 Å². The van der Waals surface area contributed by atoms with E-state index in [2.05, 4.69) is 10.3 Å². The molecular weight excluding hydrogens is 361 g/mol. The maximum absolute atomic E-state index is 13.6. The Balaban J connectivity index is 1.28. The van der Waals surface area contributed by atoms with Crippen LogP contribution in [0.15, 0.2) is 42.6 Å². The van der Waals surface area contributed by atoms with Crippen LogP contribution in [0.1, 0.15) is 28.8 Å². The van der Waals surface area contributed by atoms with E-state index in [0.717, 1.165) is 0 Å². The van der Waals surface area contributed by atoms with Gasteiger partial charge in [-0.25, -0.2) is 9.37 Å². The average molecular weight is 385 g/mol. The summed E-state index contributed by atoms with van der Waals surface area (Å²) in [5, 5.41) is 3.16. The van der Waals surface area contributed by atoms with Gasteiger partial charge in [-0.2, -0.15) is 0 Å². The van der Waals surface area contributed by atoms with Crippen LogP contribution < -0.4 is 5.32 Å². The first-order valence-electron chi connectivity index (χ1n) is 9.66. The monoisotopic (exact) mass is 385 g/mol. The Labute approximate surface area is 163 Å². The molecule has 2 aliphatic heterocycles. The molecule has 2 fully saturated rings. The third-order valence-corrected chi connectivity index (χ3v) is 5.29. The van der Waals surface area contributed by atoms with Gasteiger partial charge in [0.05, 0.1) is 18.8 Å². The van der Waals surface area contributed by atoms with Gasteiger partial charge in [0.1, 0.15) is 11.6 Å². The Morgan fingerprint density at radius 1 is 1.14 bits per heavy atom. The van der Waals surface area contributed by atoms with Crippen molar-refractivity contribution in [2.45, 2.75) is 25.0 Å². The maximum Gasteiger partial charge on any atom is 0.255 e. The van der Waals surface area contributed by atoms with Crippen LogP contribution in [0.25, 0.3) is 0 Å². The fraction of sp³-hybridized carbons (Fsp3) is 0.429. The van der Waals surface area contributed by atoms with Crippen LogP contribution >= 0.6 is 0 Å². The summed E-state index contributed by atoms with van der Waals surface area (Å²) >= 11 is 0. The molecule has 0 unspecified atom stereocenters. The van der Waals surface area contributed by atoms with Crippen molar-refractivity contribution >= 4 is 11.7 Å². The fourth-order valence-electron chi connectivity index (χ4n) is 3.67.